The number of nitrogens with zero attached hydrogens (tertiary/aromatic N) is 3. The lowest BCUT2D eigenvalue weighted by Gasteiger charge is -2.21. The number of aromatic nitrogens is 2. The Morgan fingerprint density at radius 1 is 1.10 bits per heavy atom. The molecule has 0 aliphatic heterocycles. The summed E-state index contributed by atoms with van der Waals surface area (Å²) in [6, 6.07) is 12.1. The normalized spacial score (nSPS) is 10.7. The summed E-state index contributed by atoms with van der Waals surface area (Å²) in [7, 11) is 3.22. The third-order valence-corrected chi connectivity index (χ3v) is 6.06. The van der Waals surface area contributed by atoms with Crippen molar-refractivity contribution in [1.82, 2.24) is 14.5 Å². The number of hydrogen-bond donors (Lipinski definition) is 0. The minimum absolute atomic E-state index is 0.0674. The van der Waals surface area contributed by atoms with E-state index in [0.29, 0.717) is 30.3 Å². The van der Waals surface area contributed by atoms with Gasteiger partial charge in [-0.1, -0.05) is 30.0 Å². The summed E-state index contributed by atoms with van der Waals surface area (Å²) in [5, 5.41) is 0.809. The van der Waals surface area contributed by atoms with Crippen LogP contribution in [-0.2, 0) is 11.3 Å². The summed E-state index contributed by atoms with van der Waals surface area (Å²) in [5.74, 6) is 1.73. The second-order valence-electron chi connectivity index (χ2n) is 7.26. The molecule has 0 atom stereocenters. The average Bonchev–Trinajstić information content (AvgIpc) is 3.25. The number of ether oxygens (including phenoxy) is 2. The lowest BCUT2D eigenvalue weighted by molar-refractivity contribution is -0.128. The van der Waals surface area contributed by atoms with Gasteiger partial charge >= 0.3 is 0 Å². The van der Waals surface area contributed by atoms with Gasteiger partial charge in [-0.05, 0) is 55.7 Å². The first kappa shape index (κ1) is 22.7. The van der Waals surface area contributed by atoms with Gasteiger partial charge in [0.2, 0.25) is 5.91 Å². The Labute approximate surface area is 188 Å². The molecule has 0 N–H and O–H groups in total. The summed E-state index contributed by atoms with van der Waals surface area (Å²) in [6.07, 6.45) is 3.71. The number of imidazole rings is 1. The van der Waals surface area contributed by atoms with Gasteiger partial charge in [-0.25, -0.2) is 4.98 Å². The number of carbonyl (C=O) groups excluding carboxylic acids is 1. The van der Waals surface area contributed by atoms with Crippen LogP contribution in [0.4, 0.5) is 0 Å². The summed E-state index contributed by atoms with van der Waals surface area (Å²) >= 11 is 1.46. The van der Waals surface area contributed by atoms with E-state index in [1.807, 2.05) is 40.8 Å². The molecule has 2 aromatic carbocycles. The molecule has 0 aliphatic rings. The first-order valence-corrected chi connectivity index (χ1v) is 11.2. The van der Waals surface area contributed by atoms with Crippen LogP contribution in [0, 0.1) is 13.8 Å². The topological polar surface area (TPSA) is 56.6 Å². The maximum absolute atomic E-state index is 12.9. The molecule has 1 aromatic heterocycles. The summed E-state index contributed by atoms with van der Waals surface area (Å²) in [4.78, 5) is 19.2. The standard InChI is InChI=1S/C24H29N3O3S/c1-6-26(15-19-9-10-21(29-4)22(14-19)30-5)23(28)16-31-24-25-11-12-27(24)20-13-17(2)7-8-18(20)3/h7-14H,6,15-16H2,1-5H3. The Bertz CT molecular complexity index is 1050. The fourth-order valence-electron chi connectivity index (χ4n) is 3.35. The molecule has 3 rings (SSSR count). The third kappa shape index (κ3) is 5.41. The van der Waals surface area contributed by atoms with Gasteiger partial charge < -0.3 is 14.4 Å². The molecular weight excluding hydrogens is 410 g/mol. The highest BCUT2D eigenvalue weighted by Gasteiger charge is 2.16. The van der Waals surface area contributed by atoms with E-state index in [2.05, 4.69) is 37.0 Å². The highest BCUT2D eigenvalue weighted by molar-refractivity contribution is 7.99. The van der Waals surface area contributed by atoms with E-state index < -0.39 is 0 Å². The highest BCUT2D eigenvalue weighted by Crippen LogP contribution is 2.28. The lowest BCUT2D eigenvalue weighted by Crippen LogP contribution is -2.31. The fraction of sp³-hybridized carbons (Fsp3) is 0.333. The number of methoxy groups -OCH3 is 2. The molecule has 0 bridgehead atoms. The van der Waals surface area contributed by atoms with Crippen molar-refractivity contribution < 1.29 is 14.3 Å². The molecule has 0 spiro atoms. The van der Waals surface area contributed by atoms with Gasteiger partial charge in [0.05, 0.1) is 25.7 Å². The lowest BCUT2D eigenvalue weighted by atomic mass is 10.1. The van der Waals surface area contributed by atoms with Gasteiger partial charge in [-0.2, -0.15) is 0 Å². The predicted molar refractivity (Wildman–Crippen MR) is 124 cm³/mol. The molecule has 1 amide bonds. The molecule has 164 valence electrons. The van der Waals surface area contributed by atoms with E-state index in [1.165, 1.54) is 22.9 Å². The van der Waals surface area contributed by atoms with Crippen LogP contribution in [0.2, 0.25) is 0 Å². The van der Waals surface area contributed by atoms with Gasteiger partial charge in [0, 0.05) is 25.5 Å². The number of benzene rings is 2. The molecule has 7 heteroatoms. The van der Waals surface area contributed by atoms with Gasteiger partial charge in [0.15, 0.2) is 16.7 Å². The van der Waals surface area contributed by atoms with Crippen LogP contribution < -0.4 is 9.47 Å². The first-order chi connectivity index (χ1) is 15.0. The van der Waals surface area contributed by atoms with E-state index >= 15 is 0 Å². The summed E-state index contributed by atoms with van der Waals surface area (Å²) < 4.78 is 12.7. The van der Waals surface area contributed by atoms with Crippen LogP contribution >= 0.6 is 11.8 Å². The van der Waals surface area contributed by atoms with Crippen LogP contribution in [0.25, 0.3) is 5.69 Å². The van der Waals surface area contributed by atoms with Crippen LogP contribution in [-0.4, -0.2) is 46.9 Å². The second-order valence-corrected chi connectivity index (χ2v) is 8.20. The molecule has 0 fully saturated rings. The van der Waals surface area contributed by atoms with E-state index in [1.54, 1.807) is 20.4 Å². The van der Waals surface area contributed by atoms with Gasteiger partial charge in [0.25, 0.3) is 0 Å². The molecule has 0 saturated carbocycles. The predicted octanol–water partition coefficient (Wildman–Crippen LogP) is 4.65. The summed E-state index contributed by atoms with van der Waals surface area (Å²) in [5.41, 5.74) is 4.44. The molecule has 0 aliphatic carbocycles. The third-order valence-electron chi connectivity index (χ3n) is 5.11. The largest absolute Gasteiger partial charge is 0.493 e. The number of amides is 1. The van der Waals surface area contributed by atoms with Crippen molar-refractivity contribution in [3.63, 3.8) is 0 Å². The van der Waals surface area contributed by atoms with Crippen molar-refractivity contribution >= 4 is 17.7 Å². The number of thioether (sulfide) groups is 1. The number of hydrogen-bond acceptors (Lipinski definition) is 5. The average molecular weight is 440 g/mol. The van der Waals surface area contributed by atoms with Crippen LogP contribution in [0.5, 0.6) is 11.5 Å². The van der Waals surface area contributed by atoms with Crippen molar-refractivity contribution in [2.75, 3.05) is 26.5 Å². The molecule has 1 heterocycles. The van der Waals surface area contributed by atoms with E-state index in [-0.39, 0.29) is 5.91 Å². The molecule has 31 heavy (non-hydrogen) atoms. The Morgan fingerprint density at radius 3 is 2.58 bits per heavy atom. The Hall–Kier alpha value is -2.93. The molecule has 0 saturated heterocycles. The van der Waals surface area contributed by atoms with Gasteiger partial charge in [-0.15, -0.1) is 0 Å². The zero-order valence-electron chi connectivity index (χ0n) is 18.7. The molecular formula is C24H29N3O3S. The zero-order valence-corrected chi connectivity index (χ0v) is 19.5. The fourth-order valence-corrected chi connectivity index (χ4v) is 4.22. The van der Waals surface area contributed by atoms with Crippen molar-refractivity contribution in [3.8, 4) is 17.2 Å². The highest BCUT2D eigenvalue weighted by atomic mass is 32.2. The second kappa shape index (κ2) is 10.4. The van der Waals surface area contributed by atoms with Crippen molar-refractivity contribution in [1.29, 1.82) is 0 Å². The summed E-state index contributed by atoms with van der Waals surface area (Å²) in [6.45, 7) is 7.28. The Balaban J connectivity index is 1.69. The zero-order chi connectivity index (χ0) is 22.4. The van der Waals surface area contributed by atoms with Crippen molar-refractivity contribution in [2.24, 2.45) is 0 Å². The number of rotatable bonds is 9. The quantitative estimate of drug-likeness (QED) is 0.455. The SMILES string of the molecule is CCN(Cc1ccc(OC)c(OC)c1)C(=O)CSc1nccn1-c1cc(C)ccc1C. The van der Waals surface area contributed by atoms with Crippen LogP contribution in [0.1, 0.15) is 23.6 Å². The molecule has 3 aromatic rings. The van der Waals surface area contributed by atoms with Crippen molar-refractivity contribution in [2.45, 2.75) is 32.5 Å². The maximum atomic E-state index is 12.9. The minimum atomic E-state index is 0.0674. The molecule has 6 nitrogen and oxygen atoms in total. The van der Waals surface area contributed by atoms with E-state index in [0.717, 1.165) is 16.4 Å². The number of aryl methyl sites for hydroxylation is 2. The smallest absolute Gasteiger partial charge is 0.233 e. The van der Waals surface area contributed by atoms with Crippen molar-refractivity contribution in [3.05, 3.63) is 65.5 Å². The van der Waals surface area contributed by atoms with E-state index in [9.17, 15) is 4.79 Å². The van der Waals surface area contributed by atoms with E-state index in [4.69, 9.17) is 9.47 Å². The first-order valence-electron chi connectivity index (χ1n) is 10.2. The van der Waals surface area contributed by atoms with Gasteiger partial charge in [0.1, 0.15) is 0 Å². The molecule has 0 unspecified atom stereocenters. The monoisotopic (exact) mass is 439 g/mol. The Morgan fingerprint density at radius 2 is 1.87 bits per heavy atom. The van der Waals surface area contributed by atoms with Crippen LogP contribution in [0.15, 0.2) is 53.9 Å². The number of carbonyl (C=O) groups is 1. The maximum Gasteiger partial charge on any atom is 0.233 e. The van der Waals surface area contributed by atoms with Gasteiger partial charge in [-0.3, -0.25) is 9.36 Å². The minimum Gasteiger partial charge on any atom is -0.493 e. The molecule has 0 radical (unpaired) electrons. The Kier molecular flexibility index (Phi) is 7.63. The van der Waals surface area contributed by atoms with Crippen LogP contribution in [0.3, 0.4) is 0 Å².